The quantitative estimate of drug-likeness (QED) is 0.705. The molecule has 0 aliphatic carbocycles. The van der Waals surface area contributed by atoms with Crippen molar-refractivity contribution < 1.29 is 4.39 Å². The van der Waals surface area contributed by atoms with E-state index < -0.39 is 0 Å². The molecule has 138 valence electrons. The fourth-order valence-corrected chi connectivity index (χ4v) is 3.61. The first kappa shape index (κ1) is 17.5. The van der Waals surface area contributed by atoms with E-state index in [9.17, 15) is 4.39 Å². The van der Waals surface area contributed by atoms with Gasteiger partial charge in [0.25, 0.3) is 0 Å². The number of nitrogens with zero attached hydrogens (tertiary/aromatic N) is 3. The Morgan fingerprint density at radius 1 is 1.11 bits per heavy atom. The van der Waals surface area contributed by atoms with Gasteiger partial charge in [-0.1, -0.05) is 31.2 Å². The van der Waals surface area contributed by atoms with Crippen molar-refractivity contribution in [3.05, 3.63) is 77.2 Å². The van der Waals surface area contributed by atoms with Crippen LogP contribution in [0.25, 0.3) is 0 Å². The van der Waals surface area contributed by atoms with Crippen molar-refractivity contribution in [2.45, 2.75) is 32.7 Å². The van der Waals surface area contributed by atoms with Gasteiger partial charge in [-0.05, 0) is 55.2 Å². The molecular formula is C22H23FN4. The molecule has 0 radical (unpaired) electrons. The summed E-state index contributed by atoms with van der Waals surface area (Å²) in [5, 5.41) is 3.20. The minimum absolute atomic E-state index is 0.258. The maximum Gasteiger partial charge on any atom is 0.229 e. The highest BCUT2D eigenvalue weighted by molar-refractivity contribution is 5.57. The third-order valence-corrected chi connectivity index (χ3v) is 5.12. The summed E-state index contributed by atoms with van der Waals surface area (Å²) in [6.45, 7) is 5.23. The zero-order valence-electron chi connectivity index (χ0n) is 15.6. The van der Waals surface area contributed by atoms with Crippen molar-refractivity contribution in [2.75, 3.05) is 16.8 Å². The summed E-state index contributed by atoms with van der Waals surface area (Å²) < 4.78 is 13.1. The Hall–Kier alpha value is -2.95. The van der Waals surface area contributed by atoms with Crippen LogP contribution in [0.15, 0.2) is 54.6 Å². The summed E-state index contributed by atoms with van der Waals surface area (Å²) in [6.07, 6.45) is 1.83. The Bertz CT molecular complexity index is 939. The highest BCUT2D eigenvalue weighted by atomic mass is 19.1. The highest BCUT2D eigenvalue weighted by Crippen LogP contribution is 2.33. The summed E-state index contributed by atoms with van der Waals surface area (Å²) in [4.78, 5) is 11.7. The normalized spacial score (nSPS) is 16.1. The Morgan fingerprint density at radius 3 is 2.67 bits per heavy atom. The van der Waals surface area contributed by atoms with Gasteiger partial charge in [-0.15, -0.1) is 0 Å². The zero-order valence-corrected chi connectivity index (χ0v) is 15.6. The average molecular weight is 362 g/mol. The van der Waals surface area contributed by atoms with Gasteiger partial charge in [-0.2, -0.15) is 4.98 Å². The molecule has 1 unspecified atom stereocenters. The average Bonchev–Trinajstić information content (AvgIpc) is 2.70. The van der Waals surface area contributed by atoms with E-state index in [0.717, 1.165) is 36.6 Å². The first-order valence-corrected chi connectivity index (χ1v) is 9.39. The third-order valence-electron chi connectivity index (χ3n) is 5.12. The van der Waals surface area contributed by atoms with Gasteiger partial charge in [-0.3, -0.25) is 0 Å². The van der Waals surface area contributed by atoms with E-state index >= 15 is 0 Å². The molecule has 0 saturated carbocycles. The Morgan fingerprint density at radius 2 is 1.89 bits per heavy atom. The van der Waals surface area contributed by atoms with E-state index in [0.29, 0.717) is 5.95 Å². The fourth-order valence-electron chi connectivity index (χ4n) is 3.61. The van der Waals surface area contributed by atoms with Crippen LogP contribution in [0, 0.1) is 5.82 Å². The molecule has 3 aromatic rings. The molecule has 1 aromatic heterocycles. The van der Waals surface area contributed by atoms with E-state index in [-0.39, 0.29) is 11.9 Å². The number of aromatic nitrogens is 2. The number of aryl methyl sites for hydroxylation is 1. The molecule has 0 spiro atoms. The lowest BCUT2D eigenvalue weighted by Gasteiger charge is -2.36. The van der Waals surface area contributed by atoms with Crippen LogP contribution in [0.3, 0.4) is 0 Å². The molecular weight excluding hydrogens is 339 g/mol. The molecule has 1 aliphatic heterocycles. The molecule has 1 atom stereocenters. The Labute approximate surface area is 159 Å². The lowest BCUT2D eigenvalue weighted by atomic mass is 9.93. The maximum atomic E-state index is 13.1. The van der Waals surface area contributed by atoms with Crippen molar-refractivity contribution in [3.63, 3.8) is 0 Å². The lowest BCUT2D eigenvalue weighted by Crippen LogP contribution is -2.34. The SMILES string of the molecule is CCc1cc(N2CCc3ccccc3C2C)nc(Nc2ccc(F)cc2)n1. The second-order valence-electron chi connectivity index (χ2n) is 6.84. The molecule has 0 bridgehead atoms. The number of fused-ring (bicyclic) bond motifs is 1. The highest BCUT2D eigenvalue weighted by Gasteiger charge is 2.25. The van der Waals surface area contributed by atoms with Crippen LogP contribution >= 0.6 is 0 Å². The smallest absolute Gasteiger partial charge is 0.229 e. The molecule has 0 saturated heterocycles. The predicted octanol–water partition coefficient (Wildman–Crippen LogP) is 5.05. The maximum absolute atomic E-state index is 13.1. The van der Waals surface area contributed by atoms with Gasteiger partial charge < -0.3 is 10.2 Å². The largest absolute Gasteiger partial charge is 0.349 e. The second-order valence-corrected chi connectivity index (χ2v) is 6.84. The first-order chi connectivity index (χ1) is 13.1. The first-order valence-electron chi connectivity index (χ1n) is 9.39. The molecule has 0 fully saturated rings. The molecule has 2 heterocycles. The molecule has 0 amide bonds. The number of hydrogen-bond acceptors (Lipinski definition) is 4. The summed E-state index contributed by atoms with van der Waals surface area (Å²) in [7, 11) is 0. The van der Waals surface area contributed by atoms with E-state index in [1.54, 1.807) is 12.1 Å². The number of halogens is 1. The van der Waals surface area contributed by atoms with Crippen LogP contribution in [0.1, 0.15) is 36.7 Å². The molecule has 2 aromatic carbocycles. The molecule has 27 heavy (non-hydrogen) atoms. The second kappa shape index (κ2) is 7.35. The van der Waals surface area contributed by atoms with Crippen LogP contribution in [-0.4, -0.2) is 16.5 Å². The van der Waals surface area contributed by atoms with E-state index in [1.807, 2.05) is 0 Å². The minimum atomic E-state index is -0.259. The van der Waals surface area contributed by atoms with Crippen molar-refractivity contribution >= 4 is 17.5 Å². The van der Waals surface area contributed by atoms with Crippen LogP contribution in [0.2, 0.25) is 0 Å². The van der Waals surface area contributed by atoms with E-state index in [4.69, 9.17) is 4.98 Å². The molecule has 5 heteroatoms. The van der Waals surface area contributed by atoms with Gasteiger partial charge in [0.1, 0.15) is 11.6 Å². The molecule has 4 rings (SSSR count). The molecule has 4 nitrogen and oxygen atoms in total. The van der Waals surface area contributed by atoms with E-state index in [1.165, 1.54) is 23.3 Å². The van der Waals surface area contributed by atoms with Crippen molar-refractivity contribution in [2.24, 2.45) is 0 Å². The summed E-state index contributed by atoms with van der Waals surface area (Å²) in [5.41, 5.74) is 4.52. The summed E-state index contributed by atoms with van der Waals surface area (Å²) in [5.74, 6) is 1.21. The monoisotopic (exact) mass is 362 g/mol. The number of rotatable bonds is 4. The van der Waals surface area contributed by atoms with Crippen molar-refractivity contribution in [1.29, 1.82) is 0 Å². The third kappa shape index (κ3) is 3.63. The van der Waals surface area contributed by atoms with Gasteiger partial charge in [0.05, 0.1) is 6.04 Å². The summed E-state index contributed by atoms with van der Waals surface area (Å²) in [6, 6.07) is 17.2. The molecule has 1 N–H and O–H groups in total. The van der Waals surface area contributed by atoms with Crippen LogP contribution in [0.4, 0.5) is 21.8 Å². The minimum Gasteiger partial charge on any atom is -0.349 e. The number of hydrogen-bond donors (Lipinski definition) is 1. The topological polar surface area (TPSA) is 41.1 Å². The van der Waals surface area contributed by atoms with Gasteiger partial charge in [-0.25, -0.2) is 9.37 Å². The van der Waals surface area contributed by atoms with Crippen molar-refractivity contribution in [3.8, 4) is 0 Å². The van der Waals surface area contributed by atoms with Crippen LogP contribution in [-0.2, 0) is 12.8 Å². The number of nitrogens with one attached hydrogen (secondary N) is 1. The van der Waals surface area contributed by atoms with Crippen LogP contribution < -0.4 is 10.2 Å². The number of anilines is 3. The Balaban J connectivity index is 1.66. The van der Waals surface area contributed by atoms with Gasteiger partial charge >= 0.3 is 0 Å². The Kier molecular flexibility index (Phi) is 4.75. The predicted molar refractivity (Wildman–Crippen MR) is 107 cm³/mol. The van der Waals surface area contributed by atoms with Crippen molar-refractivity contribution in [1.82, 2.24) is 9.97 Å². The standard InChI is InChI=1S/C22H23FN4/c1-3-18-14-21(26-22(24-18)25-19-10-8-17(23)9-11-19)27-13-12-16-6-4-5-7-20(16)15(27)2/h4-11,14-15H,3,12-13H2,1-2H3,(H,24,25,26). The lowest BCUT2D eigenvalue weighted by molar-refractivity contribution is 0.616. The summed E-state index contributed by atoms with van der Waals surface area (Å²) >= 11 is 0. The zero-order chi connectivity index (χ0) is 18.8. The molecule has 1 aliphatic rings. The number of benzene rings is 2. The van der Waals surface area contributed by atoms with Gasteiger partial charge in [0, 0.05) is 24.0 Å². The van der Waals surface area contributed by atoms with Gasteiger partial charge in [0.2, 0.25) is 5.95 Å². The fraction of sp³-hybridized carbons (Fsp3) is 0.273. The van der Waals surface area contributed by atoms with E-state index in [2.05, 4.69) is 59.4 Å². The van der Waals surface area contributed by atoms with Gasteiger partial charge in [0.15, 0.2) is 0 Å². The van der Waals surface area contributed by atoms with Crippen LogP contribution in [0.5, 0.6) is 0 Å².